The molecule has 3 N–H and O–H groups in total. The fraction of sp³-hybridized carbons (Fsp3) is 0.632. The highest BCUT2D eigenvalue weighted by Gasteiger charge is 2.30. The van der Waals surface area contributed by atoms with Crippen molar-refractivity contribution in [2.24, 2.45) is 0 Å². The lowest BCUT2D eigenvalue weighted by Gasteiger charge is -2.30. The second-order valence-corrected chi connectivity index (χ2v) is 9.43. The van der Waals surface area contributed by atoms with Crippen LogP contribution in [0.25, 0.3) is 15.9 Å². The third-order valence-corrected chi connectivity index (χ3v) is 6.79. The van der Waals surface area contributed by atoms with E-state index >= 15 is 0 Å². The number of hydrogen-bond donors (Lipinski definition) is 2. The smallest absolute Gasteiger partial charge is 0.206 e. The average Bonchev–Trinajstić information content (AvgIpc) is 3.25. The predicted molar refractivity (Wildman–Crippen MR) is 106 cm³/mol. The molecule has 9 heteroatoms. The summed E-state index contributed by atoms with van der Waals surface area (Å²) in [4.78, 5) is 13.5. The van der Waals surface area contributed by atoms with E-state index in [2.05, 4.69) is 29.2 Å². The first-order chi connectivity index (χ1) is 13.6. The minimum Gasteiger partial charge on any atom is -0.370 e. The number of hydrogen-bond acceptors (Lipinski definition) is 6. The van der Waals surface area contributed by atoms with Gasteiger partial charge < -0.3 is 19.7 Å². The predicted octanol–water partition coefficient (Wildman–Crippen LogP) is -0.831. The van der Waals surface area contributed by atoms with Crippen LogP contribution in [0.4, 0.5) is 0 Å². The summed E-state index contributed by atoms with van der Waals surface area (Å²) in [7, 11) is 0. The summed E-state index contributed by atoms with van der Waals surface area (Å²) in [5, 5.41) is 8.14. The highest BCUT2D eigenvalue weighted by Crippen LogP contribution is 2.39. The fourth-order valence-electron chi connectivity index (χ4n) is 4.12. The van der Waals surface area contributed by atoms with Gasteiger partial charge in [-0.25, -0.2) is 14.5 Å². The Balaban J connectivity index is 1.34. The Hall–Kier alpha value is -1.65. The lowest BCUT2D eigenvalue weighted by Crippen LogP contribution is -3.16. The summed E-state index contributed by atoms with van der Waals surface area (Å²) < 4.78 is 13.2. The standard InChI is InChI=1S/C19H26N6O2S/c1-19(2)9-13-14(11-27-19)28-18-16(13)17-22-15(23-25(17)12-21-18)10-20-3-4-24-5-7-26-8-6-24/h12,20H,3-11H2,1-2H3/p+2. The first-order valence-corrected chi connectivity index (χ1v) is 10.9. The Morgan fingerprint density at radius 2 is 2.18 bits per heavy atom. The largest absolute Gasteiger partial charge is 0.370 e. The van der Waals surface area contributed by atoms with Crippen LogP contribution in [0.3, 0.4) is 0 Å². The second-order valence-electron chi connectivity index (χ2n) is 8.34. The van der Waals surface area contributed by atoms with Gasteiger partial charge in [0, 0.05) is 11.3 Å². The summed E-state index contributed by atoms with van der Waals surface area (Å²) in [6, 6.07) is 0. The minimum atomic E-state index is -0.147. The van der Waals surface area contributed by atoms with E-state index in [4.69, 9.17) is 14.5 Å². The molecule has 0 radical (unpaired) electrons. The van der Waals surface area contributed by atoms with Crippen molar-refractivity contribution in [1.29, 1.82) is 0 Å². The van der Waals surface area contributed by atoms with Crippen molar-refractivity contribution in [3.63, 3.8) is 0 Å². The molecule has 28 heavy (non-hydrogen) atoms. The number of ether oxygens (including phenoxy) is 2. The van der Waals surface area contributed by atoms with E-state index < -0.39 is 0 Å². The monoisotopic (exact) mass is 404 g/mol. The van der Waals surface area contributed by atoms with Gasteiger partial charge in [0.2, 0.25) is 5.82 Å². The molecule has 0 bridgehead atoms. The quantitative estimate of drug-likeness (QED) is 0.543. The molecule has 5 rings (SSSR count). The van der Waals surface area contributed by atoms with Gasteiger partial charge in [-0.1, -0.05) is 0 Å². The van der Waals surface area contributed by atoms with Gasteiger partial charge in [0.25, 0.3) is 0 Å². The van der Waals surface area contributed by atoms with Crippen LogP contribution < -0.4 is 10.2 Å². The van der Waals surface area contributed by atoms with Gasteiger partial charge in [-0.15, -0.1) is 16.4 Å². The van der Waals surface area contributed by atoms with Gasteiger partial charge in [0.15, 0.2) is 5.65 Å². The third kappa shape index (κ3) is 3.53. The SMILES string of the molecule is CC1(C)Cc2c(sc3ncn4nc(C[NH2+]CC[NH+]5CCOCC5)nc4c23)CO1. The summed E-state index contributed by atoms with van der Waals surface area (Å²) >= 11 is 1.72. The average molecular weight is 405 g/mol. The molecular formula is C19H28N6O2S+2. The zero-order chi connectivity index (χ0) is 19.1. The lowest BCUT2D eigenvalue weighted by molar-refractivity contribution is -0.920. The number of aromatic nitrogens is 4. The molecule has 2 aliphatic rings. The molecule has 150 valence electrons. The Morgan fingerprint density at radius 3 is 3.04 bits per heavy atom. The molecule has 3 aromatic heterocycles. The maximum absolute atomic E-state index is 5.98. The van der Waals surface area contributed by atoms with E-state index in [9.17, 15) is 0 Å². The summed E-state index contributed by atoms with van der Waals surface area (Å²) in [5.41, 5.74) is 2.13. The van der Waals surface area contributed by atoms with Crippen molar-refractivity contribution < 1.29 is 19.7 Å². The molecule has 0 unspecified atom stereocenters. The maximum atomic E-state index is 5.98. The van der Waals surface area contributed by atoms with Crippen molar-refractivity contribution in [3.8, 4) is 0 Å². The van der Waals surface area contributed by atoms with E-state index in [0.717, 1.165) is 74.0 Å². The maximum Gasteiger partial charge on any atom is 0.206 e. The number of quaternary nitrogens is 2. The van der Waals surface area contributed by atoms with Crippen LogP contribution in [-0.4, -0.2) is 64.6 Å². The summed E-state index contributed by atoms with van der Waals surface area (Å²) in [6.45, 7) is 12.0. The van der Waals surface area contributed by atoms with Gasteiger partial charge in [0.1, 0.15) is 43.9 Å². The molecular weight excluding hydrogens is 376 g/mol. The van der Waals surface area contributed by atoms with Crippen molar-refractivity contribution in [3.05, 3.63) is 22.6 Å². The molecule has 5 heterocycles. The fourth-order valence-corrected chi connectivity index (χ4v) is 5.19. The van der Waals surface area contributed by atoms with Crippen LogP contribution in [0.5, 0.6) is 0 Å². The van der Waals surface area contributed by atoms with Gasteiger partial charge >= 0.3 is 0 Å². The van der Waals surface area contributed by atoms with Crippen molar-refractivity contribution in [2.75, 3.05) is 39.4 Å². The first-order valence-electron chi connectivity index (χ1n) is 10.1. The number of nitrogens with zero attached hydrogens (tertiary/aromatic N) is 4. The van der Waals surface area contributed by atoms with Crippen LogP contribution >= 0.6 is 11.3 Å². The summed E-state index contributed by atoms with van der Waals surface area (Å²) in [6.07, 6.45) is 2.68. The van der Waals surface area contributed by atoms with Gasteiger partial charge in [0.05, 0.1) is 30.8 Å². The molecule has 1 fully saturated rings. The Bertz CT molecular complexity index is 991. The van der Waals surface area contributed by atoms with E-state index in [0.29, 0.717) is 6.61 Å². The zero-order valence-corrected chi connectivity index (χ0v) is 17.3. The lowest BCUT2D eigenvalue weighted by atomic mass is 9.94. The number of nitrogens with two attached hydrogens (primary N) is 1. The zero-order valence-electron chi connectivity index (χ0n) is 16.5. The van der Waals surface area contributed by atoms with E-state index in [-0.39, 0.29) is 5.60 Å². The molecule has 0 aliphatic carbocycles. The van der Waals surface area contributed by atoms with Crippen molar-refractivity contribution in [2.45, 2.75) is 39.0 Å². The van der Waals surface area contributed by atoms with Crippen LogP contribution in [0.15, 0.2) is 6.33 Å². The Labute approximate surface area is 167 Å². The highest BCUT2D eigenvalue weighted by atomic mass is 32.1. The molecule has 0 saturated carbocycles. The molecule has 0 aromatic carbocycles. The number of nitrogens with one attached hydrogen (secondary N) is 1. The molecule has 2 aliphatic heterocycles. The van der Waals surface area contributed by atoms with E-state index in [1.54, 1.807) is 22.6 Å². The Kier molecular flexibility index (Phi) is 4.80. The van der Waals surface area contributed by atoms with Crippen LogP contribution in [0, 0.1) is 0 Å². The van der Waals surface area contributed by atoms with Crippen LogP contribution in [0.1, 0.15) is 30.1 Å². The highest BCUT2D eigenvalue weighted by molar-refractivity contribution is 7.19. The van der Waals surface area contributed by atoms with Gasteiger partial charge in [-0.3, -0.25) is 0 Å². The molecule has 0 spiro atoms. The molecule has 8 nitrogen and oxygen atoms in total. The number of thiophene rings is 1. The van der Waals surface area contributed by atoms with Crippen LogP contribution in [0.2, 0.25) is 0 Å². The van der Waals surface area contributed by atoms with Crippen molar-refractivity contribution >= 4 is 27.2 Å². The molecule has 3 aromatic rings. The summed E-state index contributed by atoms with van der Waals surface area (Å²) in [5.74, 6) is 0.873. The van der Waals surface area contributed by atoms with E-state index in [1.807, 2.05) is 4.52 Å². The van der Waals surface area contributed by atoms with Crippen LogP contribution in [-0.2, 0) is 29.0 Å². The number of fused-ring (bicyclic) bond motifs is 5. The third-order valence-electron chi connectivity index (χ3n) is 5.68. The number of morpholine rings is 1. The minimum absolute atomic E-state index is 0.147. The first kappa shape index (κ1) is 18.4. The molecule has 0 atom stereocenters. The normalized spacial score (nSPS) is 20.1. The molecule has 1 saturated heterocycles. The molecule has 0 amide bonds. The van der Waals surface area contributed by atoms with E-state index in [1.165, 1.54) is 10.4 Å². The Morgan fingerprint density at radius 1 is 1.32 bits per heavy atom. The second kappa shape index (κ2) is 7.31. The van der Waals surface area contributed by atoms with Gasteiger partial charge in [-0.05, 0) is 19.4 Å². The van der Waals surface area contributed by atoms with Crippen molar-refractivity contribution in [1.82, 2.24) is 19.6 Å². The van der Waals surface area contributed by atoms with Gasteiger partial charge in [-0.2, -0.15) is 0 Å². The topological polar surface area (TPSA) is 82.6 Å². The number of rotatable bonds is 5.